The molecule has 0 spiro atoms. The number of nitro groups is 1. The second kappa shape index (κ2) is 9.57. The van der Waals surface area contributed by atoms with Gasteiger partial charge in [0, 0.05) is 50.0 Å². The van der Waals surface area contributed by atoms with Gasteiger partial charge >= 0.3 is 6.61 Å². The van der Waals surface area contributed by atoms with Crippen molar-refractivity contribution >= 4 is 11.4 Å². The first kappa shape index (κ1) is 21.6. The highest BCUT2D eigenvalue weighted by molar-refractivity contribution is 5.54. The molecule has 1 aliphatic heterocycles. The van der Waals surface area contributed by atoms with Crippen LogP contribution < -0.4 is 19.1 Å². The average molecular weight is 423 g/mol. The molecule has 0 saturated carbocycles. The van der Waals surface area contributed by atoms with Crippen LogP contribution >= 0.6 is 0 Å². The van der Waals surface area contributed by atoms with E-state index in [4.69, 9.17) is 9.47 Å². The molecule has 0 amide bonds. The van der Waals surface area contributed by atoms with Crippen molar-refractivity contribution in [3.63, 3.8) is 0 Å². The lowest BCUT2D eigenvalue weighted by atomic mass is 10.1. The van der Waals surface area contributed by atoms with Crippen LogP contribution in [0.25, 0.3) is 0 Å². The number of nitro benzene ring substituents is 1. The molecule has 1 aliphatic rings. The maximum Gasteiger partial charge on any atom is 0.387 e. The second-order valence-electron chi connectivity index (χ2n) is 6.73. The Morgan fingerprint density at radius 3 is 2.40 bits per heavy atom. The molecule has 30 heavy (non-hydrogen) atoms. The summed E-state index contributed by atoms with van der Waals surface area (Å²) in [6.07, 6.45) is 0. The summed E-state index contributed by atoms with van der Waals surface area (Å²) in [7, 11) is 2.92. The predicted molar refractivity (Wildman–Crippen MR) is 107 cm³/mol. The van der Waals surface area contributed by atoms with E-state index in [9.17, 15) is 18.9 Å². The van der Waals surface area contributed by atoms with Crippen molar-refractivity contribution in [2.24, 2.45) is 0 Å². The minimum absolute atomic E-state index is 0.0333. The van der Waals surface area contributed by atoms with Crippen LogP contribution in [0.3, 0.4) is 0 Å². The zero-order chi connectivity index (χ0) is 21.7. The van der Waals surface area contributed by atoms with Crippen molar-refractivity contribution in [2.75, 3.05) is 45.3 Å². The number of rotatable bonds is 8. The Hall–Kier alpha value is -3.14. The van der Waals surface area contributed by atoms with Gasteiger partial charge in [0.1, 0.15) is 5.75 Å². The minimum atomic E-state index is -3.10. The van der Waals surface area contributed by atoms with Crippen LogP contribution in [0, 0.1) is 10.1 Å². The number of halogens is 2. The van der Waals surface area contributed by atoms with Gasteiger partial charge in [-0.15, -0.1) is 0 Å². The molecule has 0 aliphatic carbocycles. The van der Waals surface area contributed by atoms with Gasteiger partial charge in [0.2, 0.25) is 0 Å². The molecule has 0 N–H and O–H groups in total. The van der Waals surface area contributed by atoms with E-state index >= 15 is 0 Å². The largest absolute Gasteiger partial charge is 0.497 e. The molecule has 1 fully saturated rings. The number of nitrogens with zero attached hydrogens (tertiary/aromatic N) is 3. The van der Waals surface area contributed by atoms with Crippen molar-refractivity contribution in [3.05, 3.63) is 52.1 Å². The summed E-state index contributed by atoms with van der Waals surface area (Å²) in [6.45, 7) is 0.0509. The lowest BCUT2D eigenvalue weighted by Gasteiger charge is -2.36. The van der Waals surface area contributed by atoms with E-state index < -0.39 is 11.5 Å². The molecule has 2 aromatic carbocycles. The summed E-state index contributed by atoms with van der Waals surface area (Å²) < 4.78 is 39.9. The van der Waals surface area contributed by atoms with E-state index in [0.717, 1.165) is 30.6 Å². The summed E-state index contributed by atoms with van der Waals surface area (Å²) in [5.74, 6) is 0.459. The first-order valence-electron chi connectivity index (χ1n) is 9.32. The Balaban J connectivity index is 1.72. The van der Waals surface area contributed by atoms with Gasteiger partial charge in [-0.05, 0) is 18.2 Å². The van der Waals surface area contributed by atoms with Crippen LogP contribution in [0.1, 0.15) is 5.56 Å². The summed E-state index contributed by atoms with van der Waals surface area (Å²) in [5.41, 5.74) is 1.16. The molecule has 0 unspecified atom stereocenters. The van der Waals surface area contributed by atoms with E-state index in [1.165, 1.54) is 13.2 Å². The molecule has 8 nitrogen and oxygen atoms in total. The Morgan fingerprint density at radius 1 is 1.07 bits per heavy atom. The molecule has 0 radical (unpaired) electrons. The fraction of sp³-hybridized carbons (Fsp3) is 0.400. The van der Waals surface area contributed by atoms with Gasteiger partial charge in [-0.25, -0.2) is 0 Å². The normalized spacial score (nSPS) is 14.6. The number of benzene rings is 2. The highest BCUT2D eigenvalue weighted by Crippen LogP contribution is 2.36. The van der Waals surface area contributed by atoms with Gasteiger partial charge in [-0.2, -0.15) is 8.78 Å². The van der Waals surface area contributed by atoms with Gasteiger partial charge in [0.25, 0.3) is 5.69 Å². The maximum atomic E-state index is 12.6. The van der Waals surface area contributed by atoms with Gasteiger partial charge in [-0.3, -0.25) is 15.0 Å². The number of ether oxygens (including phenoxy) is 3. The fourth-order valence-corrected chi connectivity index (χ4v) is 3.45. The molecule has 0 atom stereocenters. The summed E-state index contributed by atoms with van der Waals surface area (Å²) >= 11 is 0. The van der Waals surface area contributed by atoms with Crippen LogP contribution in [0.5, 0.6) is 17.2 Å². The number of piperazine rings is 1. The Morgan fingerprint density at radius 2 is 1.80 bits per heavy atom. The second-order valence-corrected chi connectivity index (χ2v) is 6.73. The van der Waals surface area contributed by atoms with Gasteiger partial charge < -0.3 is 19.1 Å². The van der Waals surface area contributed by atoms with Gasteiger partial charge in [-0.1, -0.05) is 6.07 Å². The summed E-state index contributed by atoms with van der Waals surface area (Å²) in [5, 5.41) is 11.5. The molecular weight excluding hydrogens is 400 g/mol. The van der Waals surface area contributed by atoms with E-state index in [0.29, 0.717) is 25.2 Å². The SMILES string of the molecule is COc1cccc(N2CCN(Cc3cc(OC)c(OC(F)F)cc3[N+](=O)[O-])CC2)c1. The minimum Gasteiger partial charge on any atom is -0.497 e. The number of hydrogen-bond donors (Lipinski definition) is 0. The average Bonchev–Trinajstić information content (AvgIpc) is 2.74. The van der Waals surface area contributed by atoms with Crippen molar-refractivity contribution in [1.29, 1.82) is 0 Å². The zero-order valence-electron chi connectivity index (χ0n) is 16.7. The van der Waals surface area contributed by atoms with E-state index in [1.807, 2.05) is 24.3 Å². The smallest absolute Gasteiger partial charge is 0.387 e. The quantitative estimate of drug-likeness (QED) is 0.475. The van der Waals surface area contributed by atoms with Crippen LogP contribution in [-0.4, -0.2) is 56.8 Å². The van der Waals surface area contributed by atoms with Crippen molar-refractivity contribution < 1.29 is 27.9 Å². The lowest BCUT2D eigenvalue weighted by molar-refractivity contribution is -0.385. The monoisotopic (exact) mass is 423 g/mol. The molecule has 1 heterocycles. The maximum absolute atomic E-state index is 12.6. The Kier molecular flexibility index (Phi) is 6.88. The van der Waals surface area contributed by atoms with Crippen molar-refractivity contribution in [2.45, 2.75) is 13.2 Å². The molecular formula is C20H23F2N3O5. The number of methoxy groups -OCH3 is 2. The summed E-state index contributed by atoms with van der Waals surface area (Å²) in [6, 6.07) is 10.2. The third-order valence-electron chi connectivity index (χ3n) is 4.96. The molecule has 2 aromatic rings. The van der Waals surface area contributed by atoms with Crippen molar-refractivity contribution in [1.82, 2.24) is 4.90 Å². The highest BCUT2D eigenvalue weighted by atomic mass is 19.3. The zero-order valence-corrected chi connectivity index (χ0v) is 16.7. The van der Waals surface area contributed by atoms with Gasteiger partial charge in [0.15, 0.2) is 11.5 Å². The third kappa shape index (κ3) is 5.07. The number of alkyl halides is 2. The lowest BCUT2D eigenvalue weighted by Crippen LogP contribution is -2.46. The molecule has 10 heteroatoms. The van der Waals surface area contributed by atoms with Crippen LogP contribution in [0.15, 0.2) is 36.4 Å². The molecule has 162 valence electrons. The summed E-state index contributed by atoms with van der Waals surface area (Å²) in [4.78, 5) is 15.2. The predicted octanol–water partition coefficient (Wildman–Crippen LogP) is 3.54. The number of hydrogen-bond acceptors (Lipinski definition) is 7. The fourth-order valence-electron chi connectivity index (χ4n) is 3.45. The number of anilines is 1. The van der Waals surface area contributed by atoms with Crippen LogP contribution in [-0.2, 0) is 6.54 Å². The third-order valence-corrected chi connectivity index (χ3v) is 4.96. The van der Waals surface area contributed by atoms with Gasteiger partial charge in [0.05, 0.1) is 25.2 Å². The van der Waals surface area contributed by atoms with E-state index in [2.05, 4.69) is 14.5 Å². The first-order valence-corrected chi connectivity index (χ1v) is 9.32. The molecule has 3 rings (SSSR count). The van der Waals surface area contributed by atoms with Crippen molar-refractivity contribution in [3.8, 4) is 17.2 Å². The Labute approximate surface area is 172 Å². The van der Waals surface area contributed by atoms with Crippen LogP contribution in [0.4, 0.5) is 20.2 Å². The molecule has 0 bridgehead atoms. The standard InChI is InChI=1S/C20H23F2N3O5/c1-28-16-5-3-4-15(11-16)24-8-6-23(7-9-24)13-14-10-18(29-2)19(30-20(21)22)12-17(14)25(26)27/h3-5,10-12,20H,6-9,13H2,1-2H3. The molecule has 1 saturated heterocycles. The van der Waals surface area contributed by atoms with E-state index in [1.54, 1.807) is 7.11 Å². The van der Waals surface area contributed by atoms with E-state index in [-0.39, 0.29) is 17.2 Å². The highest BCUT2D eigenvalue weighted by Gasteiger charge is 2.25. The Bertz CT molecular complexity index is 889. The molecule has 0 aromatic heterocycles. The first-order chi connectivity index (χ1) is 14.4. The van der Waals surface area contributed by atoms with Crippen LogP contribution in [0.2, 0.25) is 0 Å². The topological polar surface area (TPSA) is 77.3 Å².